The summed E-state index contributed by atoms with van der Waals surface area (Å²) in [4.78, 5) is 5.47. The molecule has 2 aromatic rings. The first-order valence-corrected chi connectivity index (χ1v) is 10.6. The Bertz CT molecular complexity index is 719. The maximum atomic E-state index is 2.80. The van der Waals surface area contributed by atoms with Crippen molar-refractivity contribution in [3.63, 3.8) is 0 Å². The third-order valence-corrected chi connectivity index (χ3v) is 6.87. The van der Waals surface area contributed by atoms with Gasteiger partial charge in [0.25, 0.3) is 0 Å². The van der Waals surface area contributed by atoms with Gasteiger partial charge in [-0.25, -0.2) is 0 Å². The lowest BCUT2D eigenvalue weighted by molar-refractivity contribution is 0.0632. The van der Waals surface area contributed by atoms with Gasteiger partial charge in [-0.15, -0.1) is 0 Å². The van der Waals surface area contributed by atoms with Crippen LogP contribution in [0.1, 0.15) is 43.2 Å². The van der Waals surface area contributed by atoms with E-state index in [1.54, 1.807) is 0 Å². The van der Waals surface area contributed by atoms with Crippen LogP contribution in [0.25, 0.3) is 0 Å². The Morgan fingerprint density at radius 2 is 1.38 bits per heavy atom. The highest BCUT2D eigenvalue weighted by atomic mass is 15.2. The fourth-order valence-electron chi connectivity index (χ4n) is 5.59. The maximum Gasteiger partial charge on any atom is 0.0443 e. The molecule has 0 radical (unpaired) electrons. The number of benzene rings is 2. The first-order valence-electron chi connectivity index (χ1n) is 10.6. The van der Waals surface area contributed by atoms with Crippen molar-refractivity contribution in [2.75, 3.05) is 24.5 Å². The van der Waals surface area contributed by atoms with Gasteiger partial charge in [0.2, 0.25) is 0 Å². The Hall–Kier alpha value is -1.80. The largest absolute Gasteiger partial charge is 0.341 e. The summed E-state index contributed by atoms with van der Waals surface area (Å²) in [5.41, 5.74) is 5.93. The molecule has 136 valence electrons. The van der Waals surface area contributed by atoms with Gasteiger partial charge in [-0.2, -0.15) is 0 Å². The number of aryl methyl sites for hydroxylation is 2. The molecule has 0 spiro atoms. The molecule has 2 fully saturated rings. The summed E-state index contributed by atoms with van der Waals surface area (Å²) in [6.07, 6.45) is 9.30. The molecule has 3 aliphatic heterocycles. The van der Waals surface area contributed by atoms with E-state index in [0.717, 1.165) is 24.8 Å². The second-order valence-electron chi connectivity index (χ2n) is 8.37. The topological polar surface area (TPSA) is 6.48 Å². The first-order chi connectivity index (χ1) is 12.9. The van der Waals surface area contributed by atoms with Crippen molar-refractivity contribution in [1.29, 1.82) is 0 Å². The maximum absolute atomic E-state index is 2.80. The van der Waals surface area contributed by atoms with E-state index >= 15 is 0 Å². The Morgan fingerprint density at radius 1 is 0.731 bits per heavy atom. The average Bonchev–Trinajstić information content (AvgIpc) is 2.86. The minimum Gasteiger partial charge on any atom is -0.341 e. The lowest BCUT2D eigenvalue weighted by atomic mass is 9.83. The molecule has 0 unspecified atom stereocenters. The summed E-state index contributed by atoms with van der Waals surface area (Å²) in [5.74, 6) is 0.795. The zero-order chi connectivity index (χ0) is 17.3. The summed E-state index contributed by atoms with van der Waals surface area (Å²) in [5, 5.41) is 0. The number of hydrogen-bond acceptors (Lipinski definition) is 2. The second kappa shape index (κ2) is 7.08. The van der Waals surface area contributed by atoms with Crippen LogP contribution in [0.2, 0.25) is 0 Å². The Kier molecular flexibility index (Phi) is 4.46. The zero-order valence-corrected chi connectivity index (χ0v) is 15.7. The van der Waals surface area contributed by atoms with Crippen molar-refractivity contribution in [2.24, 2.45) is 5.92 Å². The van der Waals surface area contributed by atoms with E-state index < -0.39 is 0 Å². The van der Waals surface area contributed by atoms with Crippen molar-refractivity contribution in [3.05, 3.63) is 59.7 Å². The van der Waals surface area contributed by atoms with E-state index in [-0.39, 0.29) is 0 Å². The molecule has 5 rings (SSSR count). The lowest BCUT2D eigenvalue weighted by Crippen LogP contribution is -2.50. The minimum absolute atomic E-state index is 0.795. The van der Waals surface area contributed by atoms with Crippen molar-refractivity contribution in [2.45, 2.75) is 51.0 Å². The van der Waals surface area contributed by atoms with E-state index in [1.807, 2.05) is 0 Å². The molecular weight excluding hydrogens is 316 g/mol. The summed E-state index contributed by atoms with van der Waals surface area (Å²) < 4.78 is 0. The van der Waals surface area contributed by atoms with Gasteiger partial charge in [-0.1, -0.05) is 42.8 Å². The van der Waals surface area contributed by atoms with Gasteiger partial charge in [0.1, 0.15) is 0 Å². The molecule has 3 heterocycles. The quantitative estimate of drug-likeness (QED) is 0.738. The molecular formula is C24H30N2. The highest BCUT2D eigenvalue weighted by molar-refractivity contribution is 5.71. The molecule has 2 atom stereocenters. The fourth-order valence-corrected chi connectivity index (χ4v) is 5.59. The van der Waals surface area contributed by atoms with Crippen LogP contribution in [0.5, 0.6) is 0 Å². The predicted octanol–water partition coefficient (Wildman–Crippen LogP) is 5.19. The van der Waals surface area contributed by atoms with Crippen LogP contribution in [0.3, 0.4) is 0 Å². The van der Waals surface area contributed by atoms with Gasteiger partial charge in [0.15, 0.2) is 0 Å². The molecule has 26 heavy (non-hydrogen) atoms. The van der Waals surface area contributed by atoms with Gasteiger partial charge >= 0.3 is 0 Å². The third kappa shape index (κ3) is 2.95. The number of hydrogen-bond donors (Lipinski definition) is 0. The van der Waals surface area contributed by atoms with Crippen LogP contribution in [-0.4, -0.2) is 30.6 Å². The fraction of sp³-hybridized carbons (Fsp3) is 0.500. The Labute approximate surface area is 157 Å². The molecule has 2 saturated heterocycles. The lowest BCUT2D eigenvalue weighted by Gasteiger charge is -2.46. The van der Waals surface area contributed by atoms with E-state index in [0.29, 0.717) is 0 Å². The average molecular weight is 347 g/mol. The van der Waals surface area contributed by atoms with Crippen LogP contribution < -0.4 is 4.90 Å². The molecule has 3 aliphatic rings. The summed E-state index contributed by atoms with van der Waals surface area (Å²) in [7, 11) is 0. The molecule has 0 aliphatic carbocycles. The van der Waals surface area contributed by atoms with Crippen LogP contribution in [-0.2, 0) is 12.8 Å². The number of para-hydroxylation sites is 2. The van der Waals surface area contributed by atoms with E-state index in [4.69, 9.17) is 0 Å². The van der Waals surface area contributed by atoms with Crippen LogP contribution in [0, 0.1) is 5.92 Å². The van der Waals surface area contributed by atoms with Crippen LogP contribution in [0.15, 0.2) is 48.5 Å². The molecule has 0 amide bonds. The highest BCUT2D eigenvalue weighted by Gasteiger charge is 2.35. The molecule has 2 heteroatoms. The molecule has 2 aromatic carbocycles. The summed E-state index contributed by atoms with van der Waals surface area (Å²) in [6.45, 7) is 3.83. The van der Waals surface area contributed by atoms with Gasteiger partial charge in [-0.05, 0) is 80.8 Å². The number of fused-ring (bicyclic) bond motifs is 3. The zero-order valence-electron chi connectivity index (χ0n) is 15.7. The van der Waals surface area contributed by atoms with Crippen molar-refractivity contribution >= 4 is 11.4 Å². The Balaban J connectivity index is 1.51. The second-order valence-corrected chi connectivity index (χ2v) is 8.37. The molecule has 0 bridgehead atoms. The van der Waals surface area contributed by atoms with Crippen LogP contribution >= 0.6 is 0 Å². The molecule has 0 saturated carbocycles. The normalized spacial score (nSPS) is 25.8. The van der Waals surface area contributed by atoms with Gasteiger partial charge < -0.3 is 9.80 Å². The van der Waals surface area contributed by atoms with Crippen molar-refractivity contribution < 1.29 is 0 Å². The van der Waals surface area contributed by atoms with E-state index in [9.17, 15) is 0 Å². The smallest absolute Gasteiger partial charge is 0.0443 e. The van der Waals surface area contributed by atoms with Gasteiger partial charge in [-0.3, -0.25) is 0 Å². The summed E-state index contributed by atoms with van der Waals surface area (Å²) in [6, 6.07) is 19.0. The Morgan fingerprint density at radius 3 is 2.12 bits per heavy atom. The standard InChI is InChI=1S/C24H30N2/c1-3-12-23-19(8-1)14-15-20-9-2-4-13-24(20)26(23)18-21-10-7-17-25-16-6-5-11-22(21)25/h1-4,8-9,12-13,21-22H,5-7,10-11,14-18H2/t21-,22-/m1/s1. The van der Waals surface area contributed by atoms with Crippen molar-refractivity contribution in [1.82, 2.24) is 4.90 Å². The van der Waals surface area contributed by atoms with Crippen LogP contribution in [0.4, 0.5) is 11.4 Å². The SMILES string of the molecule is c1ccc2c(c1)CCc1ccccc1N2C[C@H]1CCCN2CCCC[C@H]12. The monoisotopic (exact) mass is 346 g/mol. The number of nitrogens with zero attached hydrogens (tertiary/aromatic N) is 2. The van der Waals surface area contributed by atoms with E-state index in [2.05, 4.69) is 58.3 Å². The molecule has 0 N–H and O–H groups in total. The van der Waals surface area contributed by atoms with Gasteiger partial charge in [0, 0.05) is 24.0 Å². The first kappa shape index (κ1) is 16.4. The predicted molar refractivity (Wildman–Crippen MR) is 109 cm³/mol. The van der Waals surface area contributed by atoms with Crippen molar-refractivity contribution in [3.8, 4) is 0 Å². The summed E-state index contributed by atoms with van der Waals surface area (Å²) >= 11 is 0. The minimum atomic E-state index is 0.795. The van der Waals surface area contributed by atoms with E-state index in [1.165, 1.54) is 74.2 Å². The molecule has 2 nitrogen and oxygen atoms in total. The number of anilines is 2. The number of piperidine rings is 2. The highest BCUT2D eigenvalue weighted by Crippen LogP contribution is 2.39. The molecule has 0 aromatic heterocycles. The van der Waals surface area contributed by atoms with Gasteiger partial charge in [0.05, 0.1) is 0 Å². The third-order valence-electron chi connectivity index (χ3n) is 6.87. The number of rotatable bonds is 2.